The van der Waals surface area contributed by atoms with Crippen LogP contribution in [0.25, 0.3) is 22.2 Å². The number of carbonyl (C=O) groups excluding carboxylic acids is 1. The average Bonchev–Trinajstić information content (AvgIpc) is 2.85. The van der Waals surface area contributed by atoms with E-state index >= 15 is 0 Å². The molecule has 1 saturated heterocycles. The first-order valence-electron chi connectivity index (χ1n) is 11.2. The number of rotatable bonds is 5. The highest BCUT2D eigenvalue weighted by atomic mass is 16.1. The minimum absolute atomic E-state index is 0.198. The van der Waals surface area contributed by atoms with Crippen LogP contribution in [0.3, 0.4) is 0 Å². The summed E-state index contributed by atoms with van der Waals surface area (Å²) in [6, 6.07) is 25.5. The van der Waals surface area contributed by atoms with Gasteiger partial charge in [0, 0.05) is 17.5 Å². The van der Waals surface area contributed by atoms with Gasteiger partial charge in [0.15, 0.2) is 0 Å². The molecule has 32 heavy (non-hydrogen) atoms. The quantitative estimate of drug-likeness (QED) is 0.459. The van der Waals surface area contributed by atoms with E-state index in [1.165, 1.54) is 19.3 Å². The maximum absolute atomic E-state index is 13.2. The Kier molecular flexibility index (Phi) is 5.90. The van der Waals surface area contributed by atoms with Crippen LogP contribution < -0.4 is 5.32 Å². The number of para-hydroxylation sites is 1. The molecule has 1 N–H and O–H groups in total. The zero-order valence-electron chi connectivity index (χ0n) is 18.0. The van der Waals surface area contributed by atoms with E-state index in [4.69, 9.17) is 4.98 Å². The molecule has 0 atom stereocenters. The van der Waals surface area contributed by atoms with Gasteiger partial charge in [-0.3, -0.25) is 9.69 Å². The topological polar surface area (TPSA) is 58.1 Å². The fourth-order valence-corrected chi connectivity index (χ4v) is 4.27. The third-order valence-electron chi connectivity index (χ3n) is 5.92. The molecular formula is C27H26N4O. The summed E-state index contributed by atoms with van der Waals surface area (Å²) >= 11 is 0. The SMILES string of the molecule is O=C(Nc1cccc(CN2CCCCC2)n1)c1cccc2ccc(-c3ccccc3)nc12. The van der Waals surface area contributed by atoms with Crippen LogP contribution >= 0.6 is 0 Å². The lowest BCUT2D eigenvalue weighted by Gasteiger charge is -2.26. The smallest absolute Gasteiger partial charge is 0.259 e. The van der Waals surface area contributed by atoms with Crippen molar-refractivity contribution in [3.05, 3.63) is 90.1 Å². The third kappa shape index (κ3) is 4.53. The molecule has 2 aromatic carbocycles. The maximum Gasteiger partial charge on any atom is 0.259 e. The van der Waals surface area contributed by atoms with Gasteiger partial charge < -0.3 is 5.32 Å². The van der Waals surface area contributed by atoms with Gasteiger partial charge >= 0.3 is 0 Å². The van der Waals surface area contributed by atoms with Crippen molar-refractivity contribution in [3.8, 4) is 11.3 Å². The summed E-state index contributed by atoms with van der Waals surface area (Å²) in [6.07, 6.45) is 3.80. The van der Waals surface area contributed by atoms with E-state index in [9.17, 15) is 4.79 Å². The Morgan fingerprint density at radius 2 is 1.62 bits per heavy atom. The molecule has 0 spiro atoms. The molecule has 1 amide bonds. The molecule has 1 fully saturated rings. The van der Waals surface area contributed by atoms with Crippen LogP contribution in [0.15, 0.2) is 78.9 Å². The molecule has 0 aliphatic carbocycles. The Labute approximate surface area is 188 Å². The lowest BCUT2D eigenvalue weighted by Crippen LogP contribution is -2.29. The van der Waals surface area contributed by atoms with Gasteiger partial charge in [-0.2, -0.15) is 0 Å². The molecule has 160 valence electrons. The average molecular weight is 423 g/mol. The van der Waals surface area contributed by atoms with Gasteiger partial charge in [0.25, 0.3) is 5.91 Å². The number of carbonyl (C=O) groups is 1. The van der Waals surface area contributed by atoms with Crippen LogP contribution in [0.2, 0.25) is 0 Å². The maximum atomic E-state index is 13.2. The molecule has 2 aromatic heterocycles. The van der Waals surface area contributed by atoms with Gasteiger partial charge in [0.2, 0.25) is 0 Å². The van der Waals surface area contributed by atoms with Crippen molar-refractivity contribution < 1.29 is 4.79 Å². The number of pyridine rings is 2. The summed E-state index contributed by atoms with van der Waals surface area (Å²) in [5.41, 5.74) is 4.09. The van der Waals surface area contributed by atoms with Crippen molar-refractivity contribution >= 4 is 22.6 Å². The lowest BCUT2D eigenvalue weighted by molar-refractivity contribution is 0.102. The number of anilines is 1. The second kappa shape index (κ2) is 9.28. The Hall–Kier alpha value is -3.57. The van der Waals surface area contributed by atoms with Crippen LogP contribution in [-0.2, 0) is 6.54 Å². The third-order valence-corrected chi connectivity index (χ3v) is 5.92. The first kappa shape index (κ1) is 20.3. The fraction of sp³-hybridized carbons (Fsp3) is 0.222. The molecular weight excluding hydrogens is 396 g/mol. The summed E-state index contributed by atoms with van der Waals surface area (Å²) in [7, 11) is 0. The second-order valence-electron chi connectivity index (χ2n) is 8.24. The molecule has 0 unspecified atom stereocenters. The van der Waals surface area contributed by atoms with Gasteiger partial charge in [0.05, 0.1) is 22.5 Å². The predicted octanol–water partition coefficient (Wildman–Crippen LogP) is 5.54. The van der Waals surface area contributed by atoms with E-state index in [0.29, 0.717) is 16.9 Å². The highest BCUT2D eigenvalue weighted by molar-refractivity contribution is 6.11. The lowest BCUT2D eigenvalue weighted by atomic mass is 10.1. The van der Waals surface area contributed by atoms with E-state index in [1.54, 1.807) is 0 Å². The number of likely N-dealkylation sites (tertiary alicyclic amines) is 1. The molecule has 0 saturated carbocycles. The second-order valence-corrected chi connectivity index (χ2v) is 8.24. The van der Waals surface area contributed by atoms with Crippen molar-refractivity contribution in [1.82, 2.24) is 14.9 Å². The number of amides is 1. The minimum Gasteiger partial charge on any atom is -0.306 e. The Bertz CT molecular complexity index is 1230. The van der Waals surface area contributed by atoms with Crippen LogP contribution in [0.1, 0.15) is 35.3 Å². The molecule has 0 bridgehead atoms. The van der Waals surface area contributed by atoms with Crippen LogP contribution in [0, 0.1) is 0 Å². The van der Waals surface area contributed by atoms with E-state index in [-0.39, 0.29) is 5.91 Å². The molecule has 4 aromatic rings. The van der Waals surface area contributed by atoms with Crippen LogP contribution in [-0.4, -0.2) is 33.9 Å². The first-order chi connectivity index (χ1) is 15.8. The Morgan fingerprint density at radius 3 is 2.47 bits per heavy atom. The van der Waals surface area contributed by atoms with E-state index < -0.39 is 0 Å². The predicted molar refractivity (Wildman–Crippen MR) is 128 cm³/mol. The van der Waals surface area contributed by atoms with Crippen LogP contribution in [0.5, 0.6) is 0 Å². The number of aromatic nitrogens is 2. The van der Waals surface area contributed by atoms with Crippen molar-refractivity contribution in [2.45, 2.75) is 25.8 Å². The summed E-state index contributed by atoms with van der Waals surface area (Å²) in [4.78, 5) is 25.1. The number of piperidine rings is 1. The molecule has 5 heteroatoms. The molecule has 1 aliphatic rings. The number of nitrogens with one attached hydrogen (secondary N) is 1. The molecule has 5 rings (SSSR count). The normalized spacial score (nSPS) is 14.4. The number of fused-ring (bicyclic) bond motifs is 1. The Morgan fingerprint density at radius 1 is 0.812 bits per heavy atom. The van der Waals surface area contributed by atoms with E-state index in [2.05, 4.69) is 15.2 Å². The van der Waals surface area contributed by atoms with Crippen molar-refractivity contribution in [3.63, 3.8) is 0 Å². The fourth-order valence-electron chi connectivity index (χ4n) is 4.27. The van der Waals surface area contributed by atoms with E-state index in [0.717, 1.165) is 42.0 Å². The van der Waals surface area contributed by atoms with Crippen molar-refractivity contribution in [2.24, 2.45) is 0 Å². The van der Waals surface area contributed by atoms with Crippen LogP contribution in [0.4, 0.5) is 5.82 Å². The summed E-state index contributed by atoms with van der Waals surface area (Å²) in [5, 5.41) is 3.91. The van der Waals surface area contributed by atoms with E-state index in [1.807, 2.05) is 78.9 Å². The highest BCUT2D eigenvalue weighted by Crippen LogP contribution is 2.24. The minimum atomic E-state index is -0.198. The number of hydrogen-bond donors (Lipinski definition) is 1. The van der Waals surface area contributed by atoms with Crippen molar-refractivity contribution in [2.75, 3.05) is 18.4 Å². The van der Waals surface area contributed by atoms with Gasteiger partial charge in [-0.1, -0.05) is 61.0 Å². The standard InChI is InChI=1S/C27H26N4O/c32-27(30-25-14-8-12-22(28-25)19-31-17-5-2-6-18-31)23-13-7-11-21-15-16-24(29-26(21)23)20-9-3-1-4-10-20/h1,3-4,7-16H,2,5-6,17-19H2,(H,28,30,32). The molecule has 3 heterocycles. The first-order valence-corrected chi connectivity index (χ1v) is 11.2. The molecule has 0 radical (unpaired) electrons. The zero-order valence-corrected chi connectivity index (χ0v) is 18.0. The van der Waals surface area contributed by atoms with Gasteiger partial charge in [0.1, 0.15) is 5.82 Å². The Balaban J connectivity index is 1.39. The monoisotopic (exact) mass is 422 g/mol. The molecule has 5 nitrogen and oxygen atoms in total. The summed E-state index contributed by atoms with van der Waals surface area (Å²) in [5.74, 6) is 0.372. The summed E-state index contributed by atoms with van der Waals surface area (Å²) < 4.78 is 0. The number of nitrogens with zero attached hydrogens (tertiary/aromatic N) is 3. The number of benzene rings is 2. The number of hydrogen-bond acceptors (Lipinski definition) is 4. The largest absolute Gasteiger partial charge is 0.306 e. The molecule has 1 aliphatic heterocycles. The highest BCUT2D eigenvalue weighted by Gasteiger charge is 2.15. The van der Waals surface area contributed by atoms with Gasteiger partial charge in [-0.25, -0.2) is 9.97 Å². The summed E-state index contributed by atoms with van der Waals surface area (Å²) in [6.45, 7) is 3.05. The van der Waals surface area contributed by atoms with Gasteiger partial charge in [-0.05, 0) is 50.2 Å². The zero-order chi connectivity index (χ0) is 21.8. The van der Waals surface area contributed by atoms with Gasteiger partial charge in [-0.15, -0.1) is 0 Å². The van der Waals surface area contributed by atoms with Crippen molar-refractivity contribution in [1.29, 1.82) is 0 Å².